The van der Waals surface area contributed by atoms with Crippen LogP contribution in [0.3, 0.4) is 0 Å². The topological polar surface area (TPSA) is 66.5 Å². The van der Waals surface area contributed by atoms with Crippen LogP contribution in [0, 0.1) is 0 Å². The Morgan fingerprint density at radius 3 is 2.62 bits per heavy atom. The summed E-state index contributed by atoms with van der Waals surface area (Å²) in [5, 5.41) is 2.82. The maximum Gasteiger partial charge on any atom is 0.232 e. The number of hydrogen-bond acceptors (Lipinski definition) is 3. The molecule has 1 N–H and O–H groups in total. The van der Waals surface area contributed by atoms with Crippen LogP contribution in [-0.2, 0) is 9.59 Å². The van der Waals surface area contributed by atoms with E-state index >= 15 is 0 Å². The van der Waals surface area contributed by atoms with Crippen molar-refractivity contribution in [3.63, 3.8) is 0 Å². The number of amides is 2. The molecule has 5 nitrogen and oxygen atoms in total. The van der Waals surface area contributed by atoms with Crippen molar-refractivity contribution in [1.29, 1.82) is 0 Å². The number of Topliss-reactive ketones (excluding diaryl/α,β-unsaturated/α-hetero) is 1. The van der Waals surface area contributed by atoms with Crippen molar-refractivity contribution in [2.24, 2.45) is 0 Å². The maximum atomic E-state index is 12.7. The molecule has 5 heteroatoms. The van der Waals surface area contributed by atoms with E-state index in [1.54, 1.807) is 36.2 Å². The van der Waals surface area contributed by atoms with Crippen molar-refractivity contribution in [2.45, 2.75) is 19.3 Å². The molecule has 0 radical (unpaired) electrons. The van der Waals surface area contributed by atoms with Gasteiger partial charge in [0.25, 0.3) is 0 Å². The predicted molar refractivity (Wildman–Crippen MR) is 92.3 cm³/mol. The van der Waals surface area contributed by atoms with Crippen molar-refractivity contribution in [3.05, 3.63) is 59.7 Å². The van der Waals surface area contributed by atoms with Crippen LogP contribution in [-0.4, -0.2) is 24.6 Å². The molecular weight excluding hydrogens is 304 g/mol. The van der Waals surface area contributed by atoms with Gasteiger partial charge in [0, 0.05) is 30.4 Å². The summed E-state index contributed by atoms with van der Waals surface area (Å²) in [6.07, 6.45) is 0.131. The number of nitrogens with zero attached hydrogens (tertiary/aromatic N) is 1. The lowest BCUT2D eigenvalue weighted by atomic mass is 9.89. The Kier molecular flexibility index (Phi) is 4.16. The third-order valence-corrected chi connectivity index (χ3v) is 4.28. The van der Waals surface area contributed by atoms with E-state index < -0.39 is 5.92 Å². The van der Waals surface area contributed by atoms with Crippen LogP contribution in [0.4, 0.5) is 11.4 Å². The summed E-state index contributed by atoms with van der Waals surface area (Å²) in [7, 11) is 1.71. The molecule has 0 spiro atoms. The number of para-hydroxylation sites is 1. The van der Waals surface area contributed by atoms with E-state index in [1.165, 1.54) is 6.92 Å². The summed E-state index contributed by atoms with van der Waals surface area (Å²) in [5.74, 6) is -0.937. The van der Waals surface area contributed by atoms with Gasteiger partial charge in [0.15, 0.2) is 5.78 Å². The molecule has 0 bridgehead atoms. The summed E-state index contributed by atoms with van der Waals surface area (Å²) in [6, 6.07) is 14.2. The zero-order valence-corrected chi connectivity index (χ0v) is 13.6. The first-order valence-corrected chi connectivity index (χ1v) is 7.74. The lowest BCUT2D eigenvalue weighted by Gasteiger charge is -2.30. The third-order valence-electron chi connectivity index (χ3n) is 4.28. The number of benzene rings is 2. The minimum Gasteiger partial charge on any atom is -0.326 e. The minimum atomic E-state index is -0.536. The van der Waals surface area contributed by atoms with E-state index in [4.69, 9.17) is 0 Å². The Morgan fingerprint density at radius 1 is 1.12 bits per heavy atom. The molecule has 2 aromatic rings. The lowest BCUT2D eigenvalue weighted by Crippen LogP contribution is -2.37. The normalized spacial score (nSPS) is 16.5. The molecule has 1 aliphatic rings. The summed E-state index contributed by atoms with van der Waals surface area (Å²) in [5.41, 5.74) is 2.68. The van der Waals surface area contributed by atoms with Crippen molar-refractivity contribution in [3.8, 4) is 0 Å². The molecule has 0 aliphatic carbocycles. The van der Waals surface area contributed by atoms with Gasteiger partial charge in [-0.15, -0.1) is 0 Å². The van der Waals surface area contributed by atoms with Crippen LogP contribution in [0.1, 0.15) is 35.2 Å². The van der Waals surface area contributed by atoms with E-state index in [0.29, 0.717) is 11.3 Å². The van der Waals surface area contributed by atoms with Crippen LogP contribution in [0.5, 0.6) is 0 Å². The molecule has 1 aliphatic heterocycles. The van der Waals surface area contributed by atoms with Crippen LogP contribution in [0.15, 0.2) is 48.5 Å². The molecule has 2 amide bonds. The van der Waals surface area contributed by atoms with Crippen LogP contribution in [0.25, 0.3) is 0 Å². The third kappa shape index (κ3) is 2.93. The molecule has 0 saturated carbocycles. The fraction of sp³-hybridized carbons (Fsp3) is 0.211. The van der Waals surface area contributed by atoms with Crippen molar-refractivity contribution in [2.75, 3.05) is 17.3 Å². The molecule has 1 atom stereocenters. The molecule has 1 heterocycles. The monoisotopic (exact) mass is 322 g/mol. The molecule has 24 heavy (non-hydrogen) atoms. The first-order chi connectivity index (χ1) is 11.5. The van der Waals surface area contributed by atoms with Crippen LogP contribution < -0.4 is 10.2 Å². The minimum absolute atomic E-state index is 0.0640. The molecule has 0 saturated heterocycles. The SMILES string of the molecule is CC(=O)c1cccc(NC(=O)C2CC(=O)N(C)c3ccccc32)c1. The summed E-state index contributed by atoms with van der Waals surface area (Å²) in [6.45, 7) is 1.48. The fourth-order valence-electron chi connectivity index (χ4n) is 2.92. The van der Waals surface area contributed by atoms with Crippen LogP contribution >= 0.6 is 0 Å². The van der Waals surface area contributed by atoms with Gasteiger partial charge in [-0.2, -0.15) is 0 Å². The fourth-order valence-corrected chi connectivity index (χ4v) is 2.92. The molecule has 3 rings (SSSR count). The number of rotatable bonds is 3. The Bertz CT molecular complexity index is 829. The van der Waals surface area contributed by atoms with Crippen molar-refractivity contribution < 1.29 is 14.4 Å². The zero-order valence-electron chi connectivity index (χ0n) is 13.6. The molecule has 1 unspecified atom stereocenters. The molecule has 122 valence electrons. The molecule has 2 aromatic carbocycles. The number of nitrogens with one attached hydrogen (secondary N) is 1. The number of anilines is 2. The van der Waals surface area contributed by atoms with E-state index in [-0.39, 0.29) is 24.0 Å². The van der Waals surface area contributed by atoms with Crippen molar-refractivity contribution in [1.82, 2.24) is 0 Å². The predicted octanol–water partition coefficient (Wildman–Crippen LogP) is 2.98. The summed E-state index contributed by atoms with van der Waals surface area (Å²) >= 11 is 0. The number of carbonyl (C=O) groups excluding carboxylic acids is 3. The second-order valence-electron chi connectivity index (χ2n) is 5.89. The average Bonchev–Trinajstić information content (AvgIpc) is 2.58. The number of ketones is 1. The van der Waals surface area contributed by atoms with E-state index in [0.717, 1.165) is 11.3 Å². The standard InChI is InChI=1S/C19H18N2O3/c1-12(22)13-6-5-7-14(10-13)20-19(24)16-11-18(23)21(2)17-9-4-3-8-15(16)17/h3-10,16H,11H2,1-2H3,(H,20,24). The first kappa shape index (κ1) is 15.9. The quantitative estimate of drug-likeness (QED) is 0.884. The van der Waals surface area contributed by atoms with E-state index in [1.807, 2.05) is 24.3 Å². The first-order valence-electron chi connectivity index (χ1n) is 7.74. The maximum absolute atomic E-state index is 12.7. The van der Waals surface area contributed by atoms with E-state index in [9.17, 15) is 14.4 Å². The smallest absolute Gasteiger partial charge is 0.232 e. The van der Waals surface area contributed by atoms with Gasteiger partial charge in [0.1, 0.15) is 0 Å². The Balaban J connectivity index is 1.88. The van der Waals surface area contributed by atoms with Gasteiger partial charge < -0.3 is 10.2 Å². The average molecular weight is 322 g/mol. The van der Waals surface area contributed by atoms with Gasteiger partial charge in [0.2, 0.25) is 11.8 Å². The van der Waals surface area contributed by atoms with Gasteiger partial charge in [-0.3, -0.25) is 14.4 Å². The Labute approximate surface area is 140 Å². The molecular formula is C19H18N2O3. The van der Waals surface area contributed by atoms with Crippen LogP contribution in [0.2, 0.25) is 0 Å². The number of carbonyl (C=O) groups is 3. The zero-order chi connectivity index (χ0) is 17.3. The summed E-state index contributed by atoms with van der Waals surface area (Å²) < 4.78 is 0. The molecule has 0 aromatic heterocycles. The number of hydrogen-bond donors (Lipinski definition) is 1. The van der Waals surface area contributed by atoms with Gasteiger partial charge >= 0.3 is 0 Å². The summed E-state index contributed by atoms with van der Waals surface area (Å²) in [4.78, 5) is 37.9. The van der Waals surface area contributed by atoms with Gasteiger partial charge in [-0.05, 0) is 30.7 Å². The highest BCUT2D eigenvalue weighted by Gasteiger charge is 2.33. The van der Waals surface area contributed by atoms with Gasteiger partial charge in [0.05, 0.1) is 5.92 Å². The molecule has 0 fully saturated rings. The highest BCUT2D eigenvalue weighted by Crippen LogP contribution is 2.35. The largest absolute Gasteiger partial charge is 0.326 e. The van der Waals surface area contributed by atoms with E-state index in [2.05, 4.69) is 5.32 Å². The van der Waals surface area contributed by atoms with Gasteiger partial charge in [-0.1, -0.05) is 30.3 Å². The highest BCUT2D eigenvalue weighted by molar-refractivity contribution is 6.06. The Morgan fingerprint density at radius 2 is 1.88 bits per heavy atom. The van der Waals surface area contributed by atoms with Crippen molar-refractivity contribution >= 4 is 29.0 Å². The Hall–Kier alpha value is -2.95. The second kappa shape index (κ2) is 6.28. The highest BCUT2D eigenvalue weighted by atomic mass is 16.2. The number of fused-ring (bicyclic) bond motifs is 1. The van der Waals surface area contributed by atoms with Gasteiger partial charge in [-0.25, -0.2) is 0 Å². The lowest BCUT2D eigenvalue weighted by molar-refractivity contribution is -0.124. The second-order valence-corrected chi connectivity index (χ2v) is 5.89.